The summed E-state index contributed by atoms with van der Waals surface area (Å²) in [4.78, 5) is 0. The Morgan fingerprint density at radius 3 is 1.94 bits per heavy atom. The van der Waals surface area contributed by atoms with E-state index >= 15 is 0 Å². The minimum atomic E-state index is 1.33. The number of hydrogen-bond donors (Lipinski definition) is 0. The smallest absolute Gasteiger partial charge is 0.0436 e. The molecule has 36 heavy (non-hydrogen) atoms. The lowest BCUT2D eigenvalue weighted by Gasteiger charge is -2.13. The van der Waals surface area contributed by atoms with E-state index in [1.54, 1.807) is 0 Å². The first kappa shape index (κ1) is 22.5. The lowest BCUT2D eigenvalue weighted by molar-refractivity contribution is 1.43. The Balaban J connectivity index is 0.000000183. The molecule has 0 fully saturated rings. The molecule has 0 N–H and O–H groups in total. The summed E-state index contributed by atoms with van der Waals surface area (Å²) in [6.45, 7) is 6.61. The third-order valence-electron chi connectivity index (χ3n) is 7.23. The first-order chi connectivity index (χ1) is 17.6. The zero-order chi connectivity index (χ0) is 24.6. The van der Waals surface area contributed by atoms with Gasteiger partial charge in [0.25, 0.3) is 0 Å². The molecule has 0 spiro atoms. The van der Waals surface area contributed by atoms with Crippen molar-refractivity contribution < 1.29 is 0 Å². The second kappa shape index (κ2) is 9.26. The van der Waals surface area contributed by atoms with Gasteiger partial charge in [-0.3, -0.25) is 0 Å². The summed E-state index contributed by atoms with van der Waals surface area (Å²) in [6.07, 6.45) is 0. The van der Waals surface area contributed by atoms with Crippen LogP contribution in [0, 0.1) is 20.8 Å². The van der Waals surface area contributed by atoms with Gasteiger partial charge in [0.15, 0.2) is 0 Å². The fourth-order valence-electron chi connectivity index (χ4n) is 5.32. The van der Waals surface area contributed by atoms with Crippen LogP contribution in [0.5, 0.6) is 0 Å². The monoisotopic (exact) mass is 480 g/mol. The fraction of sp³-hybridized carbons (Fsp3) is 0.0857. The van der Waals surface area contributed by atoms with Gasteiger partial charge in [-0.1, -0.05) is 109 Å². The first-order valence-corrected chi connectivity index (χ1v) is 13.3. The Bertz CT molecular complexity index is 1860. The van der Waals surface area contributed by atoms with Crippen LogP contribution in [-0.4, -0.2) is 0 Å². The second-order valence-electron chi connectivity index (χ2n) is 9.49. The molecule has 0 saturated carbocycles. The molecule has 0 unspecified atom stereocenters. The molecule has 0 aliphatic carbocycles. The van der Waals surface area contributed by atoms with E-state index in [1.807, 2.05) is 11.3 Å². The minimum Gasteiger partial charge on any atom is -0.135 e. The summed E-state index contributed by atoms with van der Waals surface area (Å²) >= 11 is 1.91. The summed E-state index contributed by atoms with van der Waals surface area (Å²) in [5.41, 5.74) is 6.73. The Kier molecular flexibility index (Phi) is 5.79. The highest BCUT2D eigenvalue weighted by molar-refractivity contribution is 7.26. The summed E-state index contributed by atoms with van der Waals surface area (Å²) in [6, 6.07) is 41.3. The molecule has 0 nitrogen and oxygen atoms in total. The molecule has 0 radical (unpaired) electrons. The number of benzene rings is 6. The van der Waals surface area contributed by atoms with Crippen molar-refractivity contribution in [2.24, 2.45) is 0 Å². The molecule has 0 bridgehead atoms. The molecule has 7 aromatic rings. The van der Waals surface area contributed by atoms with E-state index in [9.17, 15) is 0 Å². The van der Waals surface area contributed by atoms with Crippen molar-refractivity contribution in [2.45, 2.75) is 20.8 Å². The average Bonchev–Trinajstić information content (AvgIpc) is 3.29. The van der Waals surface area contributed by atoms with E-state index in [0.29, 0.717) is 0 Å². The molecule has 0 aliphatic heterocycles. The molecule has 174 valence electrons. The van der Waals surface area contributed by atoms with Crippen LogP contribution in [0.2, 0.25) is 0 Å². The van der Waals surface area contributed by atoms with Gasteiger partial charge in [0.2, 0.25) is 0 Å². The van der Waals surface area contributed by atoms with Gasteiger partial charge in [0.05, 0.1) is 0 Å². The molecule has 7 rings (SSSR count). The van der Waals surface area contributed by atoms with E-state index in [4.69, 9.17) is 0 Å². The molecule has 0 atom stereocenters. The van der Waals surface area contributed by atoms with Crippen molar-refractivity contribution >= 4 is 53.1 Å². The Hall–Kier alpha value is -3.94. The van der Waals surface area contributed by atoms with Crippen LogP contribution in [0.1, 0.15) is 16.7 Å². The van der Waals surface area contributed by atoms with Crippen LogP contribution in [-0.2, 0) is 0 Å². The van der Waals surface area contributed by atoms with Crippen molar-refractivity contribution in [3.8, 4) is 11.1 Å². The van der Waals surface area contributed by atoms with Gasteiger partial charge >= 0.3 is 0 Å². The molecule has 0 amide bonds. The van der Waals surface area contributed by atoms with E-state index < -0.39 is 0 Å². The van der Waals surface area contributed by atoms with E-state index in [2.05, 4.69) is 136 Å². The number of hydrogen-bond acceptors (Lipinski definition) is 1. The van der Waals surface area contributed by atoms with E-state index in [0.717, 1.165) is 0 Å². The standard InChI is InChI=1S/C24H18S.C11H10/c1-15-7-3-4-8-18(15)19-13-11-17-12-14-21-20-9-5-6-10-22(20)25-24(21)23(17)16(19)2;1-9-5-4-7-10-6-2-3-8-11(9)10/h3-14H,1-2H3;2-8H,1H3. The maximum absolute atomic E-state index is 2.28. The van der Waals surface area contributed by atoms with Gasteiger partial charge in [-0.2, -0.15) is 0 Å². The van der Waals surface area contributed by atoms with Crippen molar-refractivity contribution in [3.63, 3.8) is 0 Å². The topological polar surface area (TPSA) is 0 Å². The van der Waals surface area contributed by atoms with Crippen molar-refractivity contribution in [1.29, 1.82) is 0 Å². The van der Waals surface area contributed by atoms with Crippen molar-refractivity contribution in [2.75, 3.05) is 0 Å². The van der Waals surface area contributed by atoms with Gasteiger partial charge in [-0.25, -0.2) is 0 Å². The lowest BCUT2D eigenvalue weighted by atomic mass is 9.92. The molecular formula is C35H28S. The Morgan fingerprint density at radius 1 is 0.444 bits per heavy atom. The predicted molar refractivity (Wildman–Crippen MR) is 160 cm³/mol. The average molecular weight is 481 g/mol. The van der Waals surface area contributed by atoms with Gasteiger partial charge < -0.3 is 0 Å². The number of fused-ring (bicyclic) bond motifs is 6. The molecular weight excluding hydrogens is 452 g/mol. The van der Waals surface area contributed by atoms with E-state index in [-0.39, 0.29) is 0 Å². The third-order valence-corrected chi connectivity index (χ3v) is 8.43. The van der Waals surface area contributed by atoms with Gasteiger partial charge in [-0.15, -0.1) is 11.3 Å². The summed E-state index contributed by atoms with van der Waals surface area (Å²) in [5, 5.41) is 8.15. The molecule has 1 heteroatoms. The second-order valence-corrected chi connectivity index (χ2v) is 10.5. The zero-order valence-corrected chi connectivity index (χ0v) is 21.7. The zero-order valence-electron chi connectivity index (χ0n) is 20.9. The van der Waals surface area contributed by atoms with Crippen LogP contribution in [0.25, 0.3) is 52.8 Å². The largest absolute Gasteiger partial charge is 0.135 e. The molecule has 0 aliphatic rings. The molecule has 1 heterocycles. The quantitative estimate of drug-likeness (QED) is 0.219. The maximum atomic E-state index is 2.28. The molecule has 1 aromatic heterocycles. The normalized spacial score (nSPS) is 11.2. The number of rotatable bonds is 1. The van der Waals surface area contributed by atoms with Crippen LogP contribution in [0.4, 0.5) is 0 Å². The van der Waals surface area contributed by atoms with E-state index in [1.165, 1.54) is 69.5 Å². The summed E-state index contributed by atoms with van der Waals surface area (Å²) < 4.78 is 2.78. The number of aryl methyl sites for hydroxylation is 3. The molecule has 0 saturated heterocycles. The highest BCUT2D eigenvalue weighted by Crippen LogP contribution is 2.41. The number of thiophene rings is 1. The minimum absolute atomic E-state index is 1.33. The van der Waals surface area contributed by atoms with Crippen LogP contribution < -0.4 is 0 Å². The van der Waals surface area contributed by atoms with Gasteiger partial charge in [0.1, 0.15) is 0 Å². The fourth-order valence-corrected chi connectivity index (χ4v) is 6.63. The third kappa shape index (κ3) is 3.86. The van der Waals surface area contributed by atoms with Crippen LogP contribution in [0.3, 0.4) is 0 Å². The van der Waals surface area contributed by atoms with Crippen molar-refractivity contribution in [3.05, 3.63) is 132 Å². The molecule has 6 aromatic carbocycles. The summed E-state index contributed by atoms with van der Waals surface area (Å²) in [5.74, 6) is 0. The van der Waals surface area contributed by atoms with Gasteiger partial charge in [-0.05, 0) is 70.8 Å². The lowest BCUT2D eigenvalue weighted by Crippen LogP contribution is -1.88. The highest BCUT2D eigenvalue weighted by Gasteiger charge is 2.13. The first-order valence-electron chi connectivity index (χ1n) is 12.5. The van der Waals surface area contributed by atoms with Gasteiger partial charge in [0, 0.05) is 25.6 Å². The Morgan fingerprint density at radius 2 is 1.11 bits per heavy atom. The van der Waals surface area contributed by atoms with Crippen LogP contribution in [0.15, 0.2) is 115 Å². The maximum Gasteiger partial charge on any atom is 0.0436 e. The highest BCUT2D eigenvalue weighted by atomic mass is 32.1. The van der Waals surface area contributed by atoms with Crippen LogP contribution >= 0.6 is 11.3 Å². The van der Waals surface area contributed by atoms with Crippen molar-refractivity contribution in [1.82, 2.24) is 0 Å². The predicted octanol–water partition coefficient (Wildman–Crippen LogP) is 10.6. The SMILES string of the molecule is Cc1cccc2ccccc12.Cc1ccccc1-c1ccc2ccc3c4ccccc4sc3c2c1C. The Labute approximate surface area is 216 Å². The summed E-state index contributed by atoms with van der Waals surface area (Å²) in [7, 11) is 0.